The lowest BCUT2D eigenvalue weighted by Crippen LogP contribution is -2.18. The predicted molar refractivity (Wildman–Crippen MR) is 145 cm³/mol. The number of nitrogens with one attached hydrogen (secondary N) is 2. The smallest absolute Gasteiger partial charge is 0.172 e. The van der Waals surface area contributed by atoms with Crippen molar-refractivity contribution in [3.8, 4) is 11.3 Å². The molecule has 0 aliphatic carbocycles. The normalized spacial score (nSPS) is 12.5. The Balaban J connectivity index is 1.55. The Labute approximate surface area is 206 Å². The van der Waals surface area contributed by atoms with Crippen LogP contribution in [0.5, 0.6) is 0 Å². The number of hydrogen-bond acceptors (Lipinski definition) is 5. The molecule has 0 amide bonds. The minimum Gasteiger partial charge on any atom is -0.340 e. The van der Waals surface area contributed by atoms with Gasteiger partial charge in [0.05, 0.1) is 16.4 Å². The van der Waals surface area contributed by atoms with Crippen LogP contribution < -0.4 is 10.0 Å². The minimum absolute atomic E-state index is 0.0668. The third-order valence-electron chi connectivity index (χ3n) is 5.15. The predicted octanol–water partition coefficient (Wildman–Crippen LogP) is 5.81. The molecule has 0 aliphatic rings. The van der Waals surface area contributed by atoms with Crippen molar-refractivity contribution in [1.29, 1.82) is 0 Å². The molecule has 4 rings (SSSR count). The Morgan fingerprint density at radius 2 is 1.85 bits per heavy atom. The fraction of sp³-hybridized carbons (Fsp3) is 0.240. The molecule has 33 heavy (non-hydrogen) atoms. The van der Waals surface area contributed by atoms with E-state index in [0.717, 1.165) is 52.4 Å². The highest BCUT2D eigenvalue weighted by Crippen LogP contribution is 2.29. The van der Waals surface area contributed by atoms with Gasteiger partial charge in [0.25, 0.3) is 0 Å². The van der Waals surface area contributed by atoms with E-state index < -0.39 is 0 Å². The Morgan fingerprint density at radius 3 is 2.55 bits per heavy atom. The molecule has 4 aromatic rings. The van der Waals surface area contributed by atoms with Crippen molar-refractivity contribution < 1.29 is 0 Å². The summed E-state index contributed by atoms with van der Waals surface area (Å²) in [6, 6.07) is 20.8. The van der Waals surface area contributed by atoms with E-state index in [-0.39, 0.29) is 10.7 Å². The van der Waals surface area contributed by atoms with E-state index in [1.54, 1.807) is 6.20 Å². The first-order chi connectivity index (χ1) is 16.0. The van der Waals surface area contributed by atoms with Crippen molar-refractivity contribution in [3.63, 3.8) is 0 Å². The maximum atomic E-state index is 4.80. The molecule has 0 radical (unpaired) electrons. The molecule has 0 saturated heterocycles. The average molecular weight is 526 g/mol. The van der Waals surface area contributed by atoms with E-state index in [2.05, 4.69) is 98.8 Å². The first-order valence-electron chi connectivity index (χ1n) is 10.9. The first kappa shape index (κ1) is 23.6. The lowest BCUT2D eigenvalue weighted by atomic mass is 10.1. The van der Waals surface area contributed by atoms with Gasteiger partial charge in [0, 0.05) is 28.8 Å². The number of hydrogen-bond donors (Lipinski definition) is 2. The summed E-state index contributed by atoms with van der Waals surface area (Å²) in [7, 11) is 4.15. The summed E-state index contributed by atoms with van der Waals surface area (Å²) in [5.74, 6) is 0.861. The van der Waals surface area contributed by atoms with Gasteiger partial charge in [0.2, 0.25) is 0 Å². The van der Waals surface area contributed by atoms with E-state index in [0.29, 0.717) is 0 Å². The third-order valence-corrected chi connectivity index (χ3v) is 7.48. The Kier molecular flexibility index (Phi) is 7.93. The fourth-order valence-corrected chi connectivity index (χ4v) is 5.24. The molecule has 8 heteroatoms. The molecule has 0 saturated carbocycles. The third kappa shape index (κ3) is 5.89. The lowest BCUT2D eigenvalue weighted by Gasteiger charge is -2.15. The van der Waals surface area contributed by atoms with Crippen molar-refractivity contribution in [3.05, 3.63) is 71.3 Å². The number of nitrogens with zero attached hydrogens (tertiary/aromatic N) is 4. The quantitative estimate of drug-likeness (QED) is 0.213. The Bertz CT molecular complexity index is 1240. The SMILES string of the molecule is C/C=S(/NCCCN(C)C)c1ccc(Nc2cc(-c3ccccc3)nc3c(Br)cnn23)cc1. The summed E-state index contributed by atoms with van der Waals surface area (Å²) in [5, 5.41) is 10.2. The maximum Gasteiger partial charge on any atom is 0.172 e. The Hall–Kier alpha value is -2.52. The zero-order valence-electron chi connectivity index (χ0n) is 19.1. The zero-order chi connectivity index (χ0) is 23.2. The lowest BCUT2D eigenvalue weighted by molar-refractivity contribution is 0.401. The molecule has 6 nitrogen and oxygen atoms in total. The molecule has 2 aromatic carbocycles. The summed E-state index contributed by atoms with van der Waals surface area (Å²) in [5.41, 5.74) is 3.74. The molecule has 0 spiro atoms. The molecule has 172 valence electrons. The number of anilines is 2. The van der Waals surface area contributed by atoms with E-state index in [1.165, 1.54) is 4.90 Å². The van der Waals surface area contributed by atoms with Crippen LogP contribution in [0.2, 0.25) is 0 Å². The van der Waals surface area contributed by atoms with Crippen molar-refractivity contribution in [1.82, 2.24) is 24.2 Å². The summed E-state index contributed by atoms with van der Waals surface area (Å²) < 4.78 is 6.34. The molecular weight excluding hydrogens is 496 g/mol. The van der Waals surface area contributed by atoms with Crippen molar-refractivity contribution in [2.75, 3.05) is 32.5 Å². The van der Waals surface area contributed by atoms with E-state index in [9.17, 15) is 0 Å². The molecule has 1 atom stereocenters. The van der Waals surface area contributed by atoms with Crippen LogP contribution in [-0.4, -0.2) is 52.1 Å². The fourth-order valence-electron chi connectivity index (χ4n) is 3.49. The molecular formula is C25H29BrN6S. The number of aromatic nitrogens is 3. The maximum absolute atomic E-state index is 4.80. The van der Waals surface area contributed by atoms with Gasteiger partial charge < -0.3 is 10.2 Å². The van der Waals surface area contributed by atoms with Gasteiger partial charge in [-0.15, -0.1) is 0 Å². The van der Waals surface area contributed by atoms with Crippen molar-refractivity contribution in [2.24, 2.45) is 0 Å². The van der Waals surface area contributed by atoms with Gasteiger partial charge in [-0.05, 0) is 79.5 Å². The summed E-state index contributed by atoms with van der Waals surface area (Å²) in [6.45, 7) is 4.20. The highest BCUT2D eigenvalue weighted by Gasteiger charge is 2.12. The molecule has 0 fully saturated rings. The number of rotatable bonds is 9. The molecule has 2 N–H and O–H groups in total. The van der Waals surface area contributed by atoms with E-state index in [1.807, 2.05) is 28.8 Å². The molecule has 0 bridgehead atoms. The van der Waals surface area contributed by atoms with Gasteiger partial charge in [0.15, 0.2) is 5.65 Å². The summed E-state index contributed by atoms with van der Waals surface area (Å²) >= 11 is 3.57. The Morgan fingerprint density at radius 1 is 1.09 bits per heavy atom. The van der Waals surface area contributed by atoms with Crippen LogP contribution >= 0.6 is 26.6 Å². The van der Waals surface area contributed by atoms with Gasteiger partial charge in [0.1, 0.15) is 5.82 Å². The van der Waals surface area contributed by atoms with Crippen LogP contribution in [-0.2, 0) is 0 Å². The molecule has 2 heterocycles. The first-order valence-corrected chi connectivity index (χ1v) is 13.0. The standard InChI is InChI=1S/C25H29BrN6S/c1-4-33(28-15-8-16-31(2)3)21-13-11-20(12-14-21)29-24-17-23(19-9-6-5-7-10-19)30-25-22(26)18-27-32(24)25/h4-7,9-14,17-18,28-29H,8,15-16H2,1-3H3. The largest absolute Gasteiger partial charge is 0.340 e. The van der Waals surface area contributed by atoms with Gasteiger partial charge in [-0.2, -0.15) is 9.61 Å². The number of fused-ring (bicyclic) bond motifs is 1. The van der Waals surface area contributed by atoms with Gasteiger partial charge in [-0.3, -0.25) is 4.72 Å². The monoisotopic (exact) mass is 524 g/mol. The second-order valence-electron chi connectivity index (χ2n) is 7.89. The minimum atomic E-state index is -0.0668. The second-order valence-corrected chi connectivity index (χ2v) is 10.7. The highest BCUT2D eigenvalue weighted by molar-refractivity contribution is 9.10. The number of halogens is 1. The summed E-state index contributed by atoms with van der Waals surface area (Å²) in [4.78, 5) is 8.29. The highest BCUT2D eigenvalue weighted by atomic mass is 79.9. The van der Waals surface area contributed by atoms with Crippen LogP contribution in [0.25, 0.3) is 16.9 Å². The van der Waals surface area contributed by atoms with Gasteiger partial charge >= 0.3 is 0 Å². The second kappa shape index (κ2) is 11.1. The average Bonchev–Trinajstić information content (AvgIpc) is 3.21. The van der Waals surface area contributed by atoms with Crippen LogP contribution in [0.3, 0.4) is 0 Å². The van der Waals surface area contributed by atoms with E-state index >= 15 is 0 Å². The van der Waals surface area contributed by atoms with Crippen molar-refractivity contribution >= 4 is 49.1 Å². The van der Waals surface area contributed by atoms with Crippen LogP contribution in [0.4, 0.5) is 11.5 Å². The molecule has 1 unspecified atom stereocenters. The van der Waals surface area contributed by atoms with Crippen LogP contribution in [0.1, 0.15) is 13.3 Å². The molecule has 2 aromatic heterocycles. The van der Waals surface area contributed by atoms with E-state index in [4.69, 9.17) is 4.98 Å². The van der Waals surface area contributed by atoms with Gasteiger partial charge in [-0.1, -0.05) is 41.0 Å². The van der Waals surface area contributed by atoms with Crippen LogP contribution in [0.15, 0.2) is 76.2 Å². The summed E-state index contributed by atoms with van der Waals surface area (Å²) in [6.07, 6.45) is 2.90. The van der Waals surface area contributed by atoms with Crippen LogP contribution in [0, 0.1) is 0 Å². The molecule has 0 aliphatic heterocycles. The van der Waals surface area contributed by atoms with Gasteiger partial charge in [-0.25, -0.2) is 4.98 Å². The topological polar surface area (TPSA) is 57.5 Å². The van der Waals surface area contributed by atoms with Crippen molar-refractivity contribution in [2.45, 2.75) is 18.2 Å². The zero-order valence-corrected chi connectivity index (χ0v) is 21.5. The number of benzene rings is 2.